The summed E-state index contributed by atoms with van der Waals surface area (Å²) in [7, 11) is 1.66. The molecule has 0 amide bonds. The number of methoxy groups -OCH3 is 1. The fourth-order valence-electron chi connectivity index (χ4n) is 3.03. The predicted molar refractivity (Wildman–Crippen MR) is 95.3 cm³/mol. The molecule has 0 saturated heterocycles. The Morgan fingerprint density at radius 3 is 2.70 bits per heavy atom. The molecule has 0 saturated carbocycles. The summed E-state index contributed by atoms with van der Waals surface area (Å²) in [5.74, 6) is 1.62. The van der Waals surface area contributed by atoms with E-state index in [9.17, 15) is 0 Å². The number of halogens is 1. The molecule has 6 heteroatoms. The van der Waals surface area contributed by atoms with Crippen LogP contribution in [0.3, 0.4) is 0 Å². The molecule has 0 spiro atoms. The number of hydrogen-bond donors (Lipinski definition) is 1. The molecule has 1 aliphatic rings. The van der Waals surface area contributed by atoms with E-state index in [0.29, 0.717) is 0 Å². The zero-order valence-electron chi connectivity index (χ0n) is 12.7. The Bertz CT molecular complexity index is 860. The van der Waals surface area contributed by atoms with Crippen molar-refractivity contribution >= 4 is 44.7 Å². The Kier molecular flexibility index (Phi) is 3.83. The lowest BCUT2D eigenvalue weighted by atomic mass is 9.97. The number of ether oxygens (including phenoxy) is 1. The van der Waals surface area contributed by atoms with Gasteiger partial charge in [-0.05, 0) is 67.1 Å². The van der Waals surface area contributed by atoms with Gasteiger partial charge in [-0.25, -0.2) is 4.98 Å². The maximum Gasteiger partial charge on any atom is 0.225 e. The van der Waals surface area contributed by atoms with Crippen LogP contribution in [0.1, 0.15) is 23.3 Å². The van der Waals surface area contributed by atoms with E-state index in [-0.39, 0.29) is 5.28 Å². The van der Waals surface area contributed by atoms with Crippen LogP contribution in [0.2, 0.25) is 5.28 Å². The third kappa shape index (κ3) is 2.75. The zero-order chi connectivity index (χ0) is 15.8. The lowest BCUT2D eigenvalue weighted by Gasteiger charge is -2.13. The van der Waals surface area contributed by atoms with Gasteiger partial charge in [0.1, 0.15) is 16.4 Å². The third-order valence-electron chi connectivity index (χ3n) is 4.14. The van der Waals surface area contributed by atoms with Crippen molar-refractivity contribution < 1.29 is 4.74 Å². The minimum Gasteiger partial charge on any atom is -0.497 e. The lowest BCUT2D eigenvalue weighted by molar-refractivity contribution is 0.415. The molecule has 1 aromatic carbocycles. The van der Waals surface area contributed by atoms with Crippen LogP contribution < -0.4 is 10.1 Å². The molecule has 2 aromatic heterocycles. The Balaban J connectivity index is 1.79. The molecule has 0 radical (unpaired) electrons. The van der Waals surface area contributed by atoms with Crippen LogP contribution in [0.4, 0.5) is 11.5 Å². The first-order chi connectivity index (χ1) is 11.2. The number of nitrogens with zero attached hydrogens (tertiary/aromatic N) is 2. The summed E-state index contributed by atoms with van der Waals surface area (Å²) in [6.07, 6.45) is 4.71. The van der Waals surface area contributed by atoms with Crippen molar-refractivity contribution in [3.05, 3.63) is 40.0 Å². The number of thiophene rings is 1. The first-order valence-corrected chi connectivity index (χ1v) is 8.83. The molecule has 1 N–H and O–H groups in total. The molecular weight excluding hydrogens is 330 g/mol. The Morgan fingerprint density at radius 1 is 1.13 bits per heavy atom. The first-order valence-electron chi connectivity index (χ1n) is 7.63. The Labute approximate surface area is 143 Å². The number of benzene rings is 1. The normalized spacial score (nSPS) is 13.8. The summed E-state index contributed by atoms with van der Waals surface area (Å²) in [6, 6.07) is 7.79. The molecule has 4 rings (SSSR count). The molecular formula is C17H16ClN3OS. The second kappa shape index (κ2) is 5.98. The summed E-state index contributed by atoms with van der Waals surface area (Å²) in [5, 5.41) is 4.80. The van der Waals surface area contributed by atoms with Crippen LogP contribution >= 0.6 is 22.9 Å². The van der Waals surface area contributed by atoms with E-state index in [1.165, 1.54) is 23.3 Å². The molecule has 4 nitrogen and oxygen atoms in total. The molecule has 1 aliphatic carbocycles. The second-order valence-electron chi connectivity index (χ2n) is 5.59. The molecule has 0 fully saturated rings. The third-order valence-corrected chi connectivity index (χ3v) is 5.49. The quantitative estimate of drug-likeness (QED) is 0.680. The standard InChI is InChI=1S/C17H16ClN3OS/c1-22-11-8-6-10(7-9-11)19-15-14-12-4-2-3-5-13(12)23-16(14)21-17(18)20-15/h6-9H,2-5H2,1H3,(H,19,20,21). The molecule has 3 aromatic rings. The van der Waals surface area contributed by atoms with E-state index >= 15 is 0 Å². The van der Waals surface area contributed by atoms with Crippen LogP contribution in [0.15, 0.2) is 24.3 Å². The minimum absolute atomic E-state index is 0.284. The molecule has 0 aliphatic heterocycles. The monoisotopic (exact) mass is 345 g/mol. The Hall–Kier alpha value is -1.85. The summed E-state index contributed by atoms with van der Waals surface area (Å²) < 4.78 is 5.20. The van der Waals surface area contributed by atoms with Gasteiger partial charge in [0.25, 0.3) is 0 Å². The highest BCUT2D eigenvalue weighted by Crippen LogP contribution is 2.39. The van der Waals surface area contributed by atoms with Crippen molar-refractivity contribution in [1.82, 2.24) is 9.97 Å². The lowest BCUT2D eigenvalue weighted by Crippen LogP contribution is -2.01. The van der Waals surface area contributed by atoms with Gasteiger partial charge in [0, 0.05) is 10.6 Å². The van der Waals surface area contributed by atoms with E-state index < -0.39 is 0 Å². The second-order valence-corrected chi connectivity index (χ2v) is 7.01. The van der Waals surface area contributed by atoms with Gasteiger partial charge in [0.2, 0.25) is 5.28 Å². The van der Waals surface area contributed by atoms with Gasteiger partial charge in [0.15, 0.2) is 0 Å². The number of rotatable bonds is 3. The number of aromatic nitrogens is 2. The van der Waals surface area contributed by atoms with Crippen molar-refractivity contribution in [2.45, 2.75) is 25.7 Å². The molecule has 23 heavy (non-hydrogen) atoms. The van der Waals surface area contributed by atoms with E-state index in [1.807, 2.05) is 24.3 Å². The molecule has 0 bridgehead atoms. The zero-order valence-corrected chi connectivity index (χ0v) is 14.3. The minimum atomic E-state index is 0.284. The topological polar surface area (TPSA) is 47.0 Å². The molecule has 2 heterocycles. The number of hydrogen-bond acceptors (Lipinski definition) is 5. The van der Waals surface area contributed by atoms with Crippen molar-refractivity contribution in [3.63, 3.8) is 0 Å². The largest absolute Gasteiger partial charge is 0.497 e. The van der Waals surface area contributed by atoms with Crippen LogP contribution in [0, 0.1) is 0 Å². The van der Waals surface area contributed by atoms with Crippen LogP contribution in [-0.2, 0) is 12.8 Å². The van der Waals surface area contributed by atoms with E-state index in [4.69, 9.17) is 16.3 Å². The van der Waals surface area contributed by atoms with Gasteiger partial charge in [-0.1, -0.05) is 0 Å². The van der Waals surface area contributed by atoms with Crippen molar-refractivity contribution in [2.24, 2.45) is 0 Å². The molecule has 0 atom stereocenters. The Morgan fingerprint density at radius 2 is 1.91 bits per heavy atom. The number of nitrogens with one attached hydrogen (secondary N) is 1. The van der Waals surface area contributed by atoms with Crippen molar-refractivity contribution in [1.29, 1.82) is 0 Å². The highest BCUT2D eigenvalue weighted by Gasteiger charge is 2.21. The predicted octanol–water partition coefficient (Wildman–Crippen LogP) is 4.98. The van der Waals surface area contributed by atoms with E-state index in [2.05, 4.69) is 15.3 Å². The molecule has 0 unspecified atom stereocenters. The highest BCUT2D eigenvalue weighted by molar-refractivity contribution is 7.19. The summed E-state index contributed by atoms with van der Waals surface area (Å²) >= 11 is 7.87. The smallest absolute Gasteiger partial charge is 0.225 e. The average molecular weight is 346 g/mol. The summed E-state index contributed by atoms with van der Waals surface area (Å²) in [5.41, 5.74) is 2.35. The summed E-state index contributed by atoms with van der Waals surface area (Å²) in [4.78, 5) is 11.3. The van der Waals surface area contributed by atoms with E-state index in [0.717, 1.165) is 40.3 Å². The fraction of sp³-hybridized carbons (Fsp3) is 0.294. The van der Waals surface area contributed by atoms with Gasteiger partial charge < -0.3 is 10.1 Å². The average Bonchev–Trinajstić information content (AvgIpc) is 2.93. The van der Waals surface area contributed by atoms with Crippen molar-refractivity contribution in [3.8, 4) is 5.75 Å². The van der Waals surface area contributed by atoms with Gasteiger partial charge in [-0.15, -0.1) is 11.3 Å². The number of anilines is 2. The first kappa shape index (κ1) is 14.7. The van der Waals surface area contributed by atoms with Crippen LogP contribution in [0.5, 0.6) is 5.75 Å². The number of aryl methyl sites for hydroxylation is 2. The maximum absolute atomic E-state index is 6.13. The van der Waals surface area contributed by atoms with Crippen molar-refractivity contribution in [2.75, 3.05) is 12.4 Å². The molecule has 118 valence electrons. The van der Waals surface area contributed by atoms with Crippen LogP contribution in [0.25, 0.3) is 10.2 Å². The summed E-state index contributed by atoms with van der Waals surface area (Å²) in [6.45, 7) is 0. The van der Waals surface area contributed by atoms with Crippen LogP contribution in [-0.4, -0.2) is 17.1 Å². The van der Waals surface area contributed by atoms with Gasteiger partial charge in [-0.2, -0.15) is 4.98 Å². The fourth-order valence-corrected chi connectivity index (χ4v) is 4.51. The number of fused-ring (bicyclic) bond motifs is 3. The highest BCUT2D eigenvalue weighted by atomic mass is 35.5. The SMILES string of the molecule is COc1ccc(Nc2nc(Cl)nc3sc4c(c23)CCCC4)cc1. The van der Waals surface area contributed by atoms with Gasteiger partial charge >= 0.3 is 0 Å². The van der Waals surface area contributed by atoms with Gasteiger partial charge in [-0.3, -0.25) is 0 Å². The van der Waals surface area contributed by atoms with E-state index in [1.54, 1.807) is 18.4 Å². The van der Waals surface area contributed by atoms with Gasteiger partial charge in [0.05, 0.1) is 12.5 Å². The maximum atomic E-state index is 6.13.